The lowest BCUT2D eigenvalue weighted by Crippen LogP contribution is -2.52. The van der Waals surface area contributed by atoms with Crippen molar-refractivity contribution in [3.63, 3.8) is 0 Å². The Balaban J connectivity index is 1.31. The molecule has 0 saturated carbocycles. The SMILES string of the molecule is O=C(c1ccc2[nH]c3c(c2c1)CCCC3)N1C[C@@H]2[C@H](CO)[C@H]3CNC[C@]2(C1)O3. The number of nitrogens with one attached hydrogen (secondary N) is 2. The molecule has 0 radical (unpaired) electrons. The van der Waals surface area contributed by atoms with Crippen molar-refractivity contribution in [2.45, 2.75) is 37.4 Å². The zero-order chi connectivity index (χ0) is 18.9. The van der Waals surface area contributed by atoms with Gasteiger partial charge < -0.3 is 25.0 Å². The van der Waals surface area contributed by atoms with E-state index < -0.39 is 0 Å². The fourth-order valence-corrected chi connectivity index (χ4v) is 6.18. The number of aromatic amines is 1. The van der Waals surface area contributed by atoms with Gasteiger partial charge >= 0.3 is 0 Å². The van der Waals surface area contributed by atoms with Crippen LogP contribution in [0.1, 0.15) is 34.5 Å². The first kappa shape index (κ1) is 17.0. The van der Waals surface area contributed by atoms with Crippen molar-refractivity contribution in [1.29, 1.82) is 0 Å². The van der Waals surface area contributed by atoms with Gasteiger partial charge in [-0.2, -0.15) is 0 Å². The van der Waals surface area contributed by atoms with Gasteiger partial charge in [0.15, 0.2) is 0 Å². The Morgan fingerprint density at radius 2 is 2.21 bits per heavy atom. The minimum Gasteiger partial charge on any atom is -0.396 e. The number of likely N-dealkylation sites (tertiary alicyclic amines) is 1. The zero-order valence-corrected chi connectivity index (χ0v) is 16.0. The Morgan fingerprint density at radius 1 is 1.32 bits per heavy atom. The number of amides is 1. The number of aromatic nitrogens is 1. The first-order valence-corrected chi connectivity index (χ1v) is 10.6. The first-order valence-electron chi connectivity index (χ1n) is 10.6. The molecule has 28 heavy (non-hydrogen) atoms. The van der Waals surface area contributed by atoms with Crippen molar-refractivity contribution < 1.29 is 14.6 Å². The molecule has 4 heterocycles. The second kappa shape index (κ2) is 6.05. The van der Waals surface area contributed by atoms with Gasteiger partial charge in [0.1, 0.15) is 5.60 Å². The smallest absolute Gasteiger partial charge is 0.253 e. The molecule has 6 nitrogen and oxygen atoms in total. The molecule has 1 amide bonds. The molecule has 3 fully saturated rings. The Labute approximate surface area is 164 Å². The number of benzene rings is 1. The van der Waals surface area contributed by atoms with Gasteiger partial charge in [0.05, 0.1) is 12.6 Å². The maximum absolute atomic E-state index is 13.3. The molecule has 1 aromatic carbocycles. The summed E-state index contributed by atoms with van der Waals surface area (Å²) in [6, 6.07) is 6.09. The molecule has 148 valence electrons. The van der Waals surface area contributed by atoms with Gasteiger partial charge in [-0.15, -0.1) is 0 Å². The van der Waals surface area contributed by atoms with Crippen LogP contribution in [0.3, 0.4) is 0 Å². The molecule has 6 heteroatoms. The van der Waals surface area contributed by atoms with E-state index in [1.165, 1.54) is 29.5 Å². The van der Waals surface area contributed by atoms with Gasteiger partial charge in [-0.3, -0.25) is 4.79 Å². The molecule has 1 spiro atoms. The molecule has 4 aliphatic rings. The molecule has 6 rings (SSSR count). The molecule has 3 N–H and O–H groups in total. The molecule has 3 saturated heterocycles. The number of aliphatic hydroxyl groups excluding tert-OH is 1. The number of aryl methyl sites for hydroxylation is 2. The van der Waals surface area contributed by atoms with Crippen LogP contribution < -0.4 is 5.32 Å². The predicted octanol–water partition coefficient (Wildman–Crippen LogP) is 1.47. The number of ether oxygens (including phenoxy) is 1. The summed E-state index contributed by atoms with van der Waals surface area (Å²) in [6.07, 6.45) is 4.74. The van der Waals surface area contributed by atoms with E-state index in [-0.39, 0.29) is 36.1 Å². The van der Waals surface area contributed by atoms with Crippen LogP contribution in [0.2, 0.25) is 0 Å². The van der Waals surface area contributed by atoms with Crippen molar-refractivity contribution in [3.05, 3.63) is 35.0 Å². The summed E-state index contributed by atoms with van der Waals surface area (Å²) in [6.45, 7) is 2.97. The summed E-state index contributed by atoms with van der Waals surface area (Å²) in [5.74, 6) is 0.413. The average molecular weight is 381 g/mol. The molecule has 1 aromatic heterocycles. The van der Waals surface area contributed by atoms with Crippen molar-refractivity contribution in [3.8, 4) is 0 Å². The van der Waals surface area contributed by atoms with Crippen LogP contribution in [-0.4, -0.2) is 65.4 Å². The Bertz CT molecular complexity index is 954. The normalized spacial score (nSPS) is 33.9. The van der Waals surface area contributed by atoms with Crippen molar-refractivity contribution in [2.75, 3.05) is 32.8 Å². The fourth-order valence-electron chi connectivity index (χ4n) is 6.18. The largest absolute Gasteiger partial charge is 0.396 e. The van der Waals surface area contributed by atoms with Gasteiger partial charge in [-0.1, -0.05) is 0 Å². The maximum atomic E-state index is 13.3. The minimum atomic E-state index is -0.330. The topological polar surface area (TPSA) is 77.6 Å². The quantitative estimate of drug-likeness (QED) is 0.736. The number of nitrogens with zero attached hydrogens (tertiary/aromatic N) is 1. The van der Waals surface area contributed by atoms with E-state index in [1.54, 1.807) is 0 Å². The van der Waals surface area contributed by atoms with E-state index in [2.05, 4.69) is 22.4 Å². The van der Waals surface area contributed by atoms with E-state index in [4.69, 9.17) is 4.74 Å². The second-order valence-electron chi connectivity index (χ2n) is 9.04. The van der Waals surface area contributed by atoms with Crippen molar-refractivity contribution in [2.24, 2.45) is 11.8 Å². The number of morpholine rings is 1. The van der Waals surface area contributed by atoms with Crippen LogP contribution >= 0.6 is 0 Å². The lowest BCUT2D eigenvalue weighted by atomic mass is 9.83. The van der Waals surface area contributed by atoms with Crippen LogP contribution in [0.15, 0.2) is 18.2 Å². The van der Waals surface area contributed by atoms with Gasteiger partial charge in [-0.05, 0) is 49.4 Å². The highest BCUT2D eigenvalue weighted by molar-refractivity contribution is 5.99. The molecule has 3 aliphatic heterocycles. The monoisotopic (exact) mass is 381 g/mol. The van der Waals surface area contributed by atoms with Crippen LogP contribution in [0.25, 0.3) is 10.9 Å². The number of H-pyrrole nitrogens is 1. The van der Waals surface area contributed by atoms with E-state index in [1.807, 2.05) is 11.0 Å². The summed E-state index contributed by atoms with van der Waals surface area (Å²) in [4.78, 5) is 18.8. The fraction of sp³-hybridized carbons (Fsp3) is 0.591. The molecule has 4 atom stereocenters. The van der Waals surface area contributed by atoms with Crippen LogP contribution in [0.4, 0.5) is 0 Å². The van der Waals surface area contributed by atoms with E-state index in [9.17, 15) is 9.90 Å². The van der Waals surface area contributed by atoms with Gasteiger partial charge in [-0.25, -0.2) is 0 Å². The highest BCUT2D eigenvalue weighted by atomic mass is 16.5. The molecular weight excluding hydrogens is 354 g/mol. The number of hydrogen-bond acceptors (Lipinski definition) is 4. The number of carbonyl (C=O) groups is 1. The lowest BCUT2D eigenvalue weighted by molar-refractivity contribution is -0.0726. The second-order valence-corrected chi connectivity index (χ2v) is 9.04. The van der Waals surface area contributed by atoms with Crippen LogP contribution in [0.5, 0.6) is 0 Å². The predicted molar refractivity (Wildman–Crippen MR) is 105 cm³/mol. The van der Waals surface area contributed by atoms with Crippen molar-refractivity contribution in [1.82, 2.24) is 15.2 Å². The van der Waals surface area contributed by atoms with E-state index in [0.717, 1.165) is 37.0 Å². The van der Waals surface area contributed by atoms with E-state index in [0.29, 0.717) is 13.1 Å². The Kier molecular flexibility index (Phi) is 3.68. The molecule has 1 aliphatic carbocycles. The average Bonchev–Trinajstić information content (AvgIpc) is 3.32. The van der Waals surface area contributed by atoms with Crippen LogP contribution in [0, 0.1) is 11.8 Å². The standard InChI is InChI=1S/C22H27N3O3/c26-10-16-17-9-25(12-22(17)11-23-8-20(16)28-22)21(27)13-5-6-19-15(7-13)14-3-1-2-4-18(14)24-19/h5-7,16-17,20,23-24,26H,1-4,8-12H2/t16-,17+,20+,22+/m0/s1. The van der Waals surface area contributed by atoms with Crippen LogP contribution in [-0.2, 0) is 17.6 Å². The lowest BCUT2D eigenvalue weighted by Gasteiger charge is -2.33. The van der Waals surface area contributed by atoms with Gasteiger partial charge in [0.25, 0.3) is 5.91 Å². The summed E-state index contributed by atoms with van der Waals surface area (Å²) < 4.78 is 6.34. The minimum absolute atomic E-state index is 0.0729. The maximum Gasteiger partial charge on any atom is 0.253 e. The third kappa shape index (κ3) is 2.28. The third-order valence-corrected chi connectivity index (χ3v) is 7.54. The van der Waals surface area contributed by atoms with Gasteiger partial charge in [0, 0.05) is 60.2 Å². The number of hydrogen-bond donors (Lipinski definition) is 3. The highest BCUT2D eigenvalue weighted by Crippen LogP contribution is 2.47. The summed E-state index contributed by atoms with van der Waals surface area (Å²) in [5, 5.41) is 14.6. The summed E-state index contributed by atoms with van der Waals surface area (Å²) in [5.41, 5.74) is 4.32. The number of carbonyl (C=O) groups excluding carboxylic acids is 1. The Hall–Kier alpha value is -1.89. The highest BCUT2D eigenvalue weighted by Gasteiger charge is 2.61. The van der Waals surface area contributed by atoms with E-state index >= 15 is 0 Å². The zero-order valence-electron chi connectivity index (χ0n) is 16.0. The summed E-state index contributed by atoms with van der Waals surface area (Å²) >= 11 is 0. The molecular formula is C22H27N3O3. The molecule has 2 aromatic rings. The number of rotatable bonds is 2. The first-order chi connectivity index (χ1) is 13.7. The van der Waals surface area contributed by atoms with Gasteiger partial charge in [0.2, 0.25) is 0 Å². The number of aliphatic hydroxyl groups is 1. The molecule has 0 unspecified atom stereocenters. The summed E-state index contributed by atoms with van der Waals surface area (Å²) in [7, 11) is 0. The Morgan fingerprint density at radius 3 is 3.11 bits per heavy atom. The molecule has 2 bridgehead atoms. The third-order valence-electron chi connectivity index (χ3n) is 7.54. The number of fused-ring (bicyclic) bond motifs is 4. The van der Waals surface area contributed by atoms with Crippen molar-refractivity contribution >= 4 is 16.8 Å².